The van der Waals surface area contributed by atoms with Gasteiger partial charge in [0, 0.05) is 11.4 Å². The Labute approximate surface area is 102 Å². The van der Waals surface area contributed by atoms with Crippen molar-refractivity contribution in [1.82, 2.24) is 0 Å². The van der Waals surface area contributed by atoms with E-state index in [1.54, 1.807) is 18.2 Å². The highest BCUT2D eigenvalue weighted by Crippen LogP contribution is 2.30. The van der Waals surface area contributed by atoms with Crippen LogP contribution in [0.5, 0.6) is 5.75 Å². The molecule has 0 radical (unpaired) electrons. The number of thioether (sulfide) groups is 1. The third kappa shape index (κ3) is 4.12. The number of hydrogen-bond acceptors (Lipinski definition) is 3. The molecular formula is C11H14F3NOS. The number of benzene rings is 1. The van der Waals surface area contributed by atoms with Crippen molar-refractivity contribution in [2.24, 2.45) is 11.7 Å². The van der Waals surface area contributed by atoms with E-state index in [4.69, 9.17) is 10.5 Å². The van der Waals surface area contributed by atoms with Crippen LogP contribution < -0.4 is 10.5 Å². The van der Waals surface area contributed by atoms with Crippen molar-refractivity contribution in [3.05, 3.63) is 24.3 Å². The molecule has 0 fully saturated rings. The molecule has 0 aromatic heterocycles. The average Bonchev–Trinajstić information content (AvgIpc) is 2.28. The third-order valence-corrected chi connectivity index (χ3v) is 3.03. The Balaban J connectivity index is 2.66. The lowest BCUT2D eigenvalue weighted by atomic mass is 10.1. The molecule has 2 N–H and O–H groups in total. The standard InChI is InChI=1S/C11H14F3NOS/c1-17-10-5-3-2-4-9(10)16-7-8(6-15)11(12,13)14/h2-5,8H,6-7,15H2,1H3. The molecule has 1 atom stereocenters. The second-order valence-corrected chi connectivity index (χ2v) is 4.28. The van der Waals surface area contributed by atoms with Crippen LogP contribution in [0.1, 0.15) is 0 Å². The first-order valence-corrected chi connectivity index (χ1v) is 6.24. The Bertz CT molecular complexity index is 357. The van der Waals surface area contributed by atoms with E-state index >= 15 is 0 Å². The molecule has 0 amide bonds. The van der Waals surface area contributed by atoms with Crippen molar-refractivity contribution in [3.63, 3.8) is 0 Å². The number of rotatable bonds is 5. The third-order valence-electron chi connectivity index (χ3n) is 2.26. The molecule has 2 nitrogen and oxygen atoms in total. The highest BCUT2D eigenvalue weighted by atomic mass is 32.2. The van der Waals surface area contributed by atoms with Gasteiger partial charge in [-0.15, -0.1) is 11.8 Å². The minimum absolute atomic E-state index is 0.447. The van der Waals surface area contributed by atoms with Crippen LogP contribution in [-0.2, 0) is 0 Å². The molecule has 1 rings (SSSR count). The molecule has 0 saturated heterocycles. The molecule has 17 heavy (non-hydrogen) atoms. The zero-order valence-corrected chi connectivity index (χ0v) is 10.1. The van der Waals surface area contributed by atoms with Gasteiger partial charge in [0.15, 0.2) is 0 Å². The maximum atomic E-state index is 12.4. The average molecular weight is 265 g/mol. The molecule has 0 spiro atoms. The number of halogens is 3. The Morgan fingerprint density at radius 3 is 2.53 bits per heavy atom. The molecule has 1 unspecified atom stereocenters. The van der Waals surface area contributed by atoms with Crippen molar-refractivity contribution in [2.75, 3.05) is 19.4 Å². The summed E-state index contributed by atoms with van der Waals surface area (Å²) in [5, 5.41) is 0. The summed E-state index contributed by atoms with van der Waals surface area (Å²) in [5.41, 5.74) is 5.09. The summed E-state index contributed by atoms with van der Waals surface area (Å²) in [6.07, 6.45) is -2.48. The summed E-state index contributed by atoms with van der Waals surface area (Å²) in [6, 6.07) is 6.98. The predicted molar refractivity (Wildman–Crippen MR) is 62.3 cm³/mol. The van der Waals surface area contributed by atoms with E-state index in [0.29, 0.717) is 5.75 Å². The summed E-state index contributed by atoms with van der Waals surface area (Å²) in [7, 11) is 0. The van der Waals surface area contributed by atoms with Crippen molar-refractivity contribution < 1.29 is 17.9 Å². The van der Waals surface area contributed by atoms with Gasteiger partial charge >= 0.3 is 6.18 Å². The molecule has 96 valence electrons. The molecule has 0 saturated carbocycles. The molecule has 0 aliphatic heterocycles. The lowest BCUT2D eigenvalue weighted by Gasteiger charge is -2.19. The quantitative estimate of drug-likeness (QED) is 0.831. The minimum atomic E-state index is -4.32. The number of hydrogen-bond donors (Lipinski definition) is 1. The van der Waals surface area contributed by atoms with Crippen LogP contribution >= 0.6 is 11.8 Å². The zero-order valence-electron chi connectivity index (χ0n) is 9.33. The first kappa shape index (κ1) is 14.2. The fraction of sp³-hybridized carbons (Fsp3) is 0.455. The van der Waals surface area contributed by atoms with Crippen molar-refractivity contribution >= 4 is 11.8 Å². The van der Waals surface area contributed by atoms with Gasteiger partial charge < -0.3 is 10.5 Å². The topological polar surface area (TPSA) is 35.2 Å². The largest absolute Gasteiger partial charge is 0.492 e. The van der Waals surface area contributed by atoms with Crippen LogP contribution in [0.2, 0.25) is 0 Å². The number of ether oxygens (including phenoxy) is 1. The molecule has 6 heteroatoms. The first-order valence-electron chi connectivity index (χ1n) is 5.01. The lowest BCUT2D eigenvalue weighted by molar-refractivity contribution is -0.178. The summed E-state index contributed by atoms with van der Waals surface area (Å²) >= 11 is 1.42. The molecule has 1 aromatic rings. The van der Waals surface area contributed by atoms with Gasteiger partial charge in [0.05, 0.1) is 0 Å². The normalized spacial score (nSPS) is 13.5. The van der Waals surface area contributed by atoms with E-state index in [-0.39, 0.29) is 0 Å². The monoisotopic (exact) mass is 265 g/mol. The number of alkyl halides is 3. The van der Waals surface area contributed by atoms with E-state index < -0.39 is 25.2 Å². The van der Waals surface area contributed by atoms with Gasteiger partial charge in [0.1, 0.15) is 18.3 Å². The summed E-state index contributed by atoms with van der Waals surface area (Å²) < 4.78 is 42.5. The fourth-order valence-corrected chi connectivity index (χ4v) is 1.77. The van der Waals surface area contributed by atoms with Gasteiger partial charge in [-0.25, -0.2) is 0 Å². The van der Waals surface area contributed by atoms with E-state index in [0.717, 1.165) is 4.90 Å². The summed E-state index contributed by atoms with van der Waals surface area (Å²) in [6.45, 7) is -0.914. The SMILES string of the molecule is CSc1ccccc1OCC(CN)C(F)(F)F. The second kappa shape index (κ2) is 6.16. The van der Waals surface area contributed by atoms with Crippen LogP contribution in [0.4, 0.5) is 13.2 Å². The van der Waals surface area contributed by atoms with Crippen molar-refractivity contribution in [2.45, 2.75) is 11.1 Å². The van der Waals surface area contributed by atoms with E-state index in [1.807, 2.05) is 12.3 Å². The van der Waals surface area contributed by atoms with E-state index in [1.165, 1.54) is 11.8 Å². The molecule has 0 aliphatic rings. The first-order chi connectivity index (χ1) is 7.99. The minimum Gasteiger partial charge on any atom is -0.492 e. The summed E-state index contributed by atoms with van der Waals surface area (Å²) in [4.78, 5) is 0.811. The number of nitrogens with two attached hydrogens (primary N) is 1. The van der Waals surface area contributed by atoms with Gasteiger partial charge in [0.2, 0.25) is 0 Å². The summed E-state index contributed by atoms with van der Waals surface area (Å²) in [5.74, 6) is -1.17. The van der Waals surface area contributed by atoms with E-state index in [9.17, 15) is 13.2 Å². The van der Waals surface area contributed by atoms with Gasteiger partial charge in [-0.05, 0) is 18.4 Å². The second-order valence-electron chi connectivity index (χ2n) is 3.44. The Morgan fingerprint density at radius 1 is 1.35 bits per heavy atom. The van der Waals surface area contributed by atoms with Crippen LogP contribution in [0.3, 0.4) is 0 Å². The highest BCUT2D eigenvalue weighted by molar-refractivity contribution is 7.98. The van der Waals surface area contributed by atoms with Crippen LogP contribution in [-0.4, -0.2) is 25.6 Å². The molecule has 0 bridgehead atoms. The Kier molecular flexibility index (Phi) is 5.14. The maximum Gasteiger partial charge on any atom is 0.396 e. The van der Waals surface area contributed by atoms with Gasteiger partial charge in [0.25, 0.3) is 0 Å². The molecule has 0 aliphatic carbocycles. The molecular weight excluding hydrogens is 251 g/mol. The lowest BCUT2D eigenvalue weighted by Crippen LogP contribution is -2.35. The van der Waals surface area contributed by atoms with E-state index in [2.05, 4.69) is 0 Å². The van der Waals surface area contributed by atoms with Crippen LogP contribution in [0.15, 0.2) is 29.2 Å². The smallest absolute Gasteiger partial charge is 0.396 e. The zero-order chi connectivity index (χ0) is 12.9. The van der Waals surface area contributed by atoms with Gasteiger partial charge in [-0.1, -0.05) is 12.1 Å². The van der Waals surface area contributed by atoms with Crippen LogP contribution in [0.25, 0.3) is 0 Å². The van der Waals surface area contributed by atoms with Gasteiger partial charge in [-0.3, -0.25) is 0 Å². The number of para-hydroxylation sites is 1. The van der Waals surface area contributed by atoms with Crippen molar-refractivity contribution in [1.29, 1.82) is 0 Å². The Morgan fingerprint density at radius 2 is 2.00 bits per heavy atom. The molecule has 0 heterocycles. The maximum absolute atomic E-state index is 12.4. The Hall–Kier alpha value is -0.880. The predicted octanol–water partition coefficient (Wildman–Crippen LogP) is 2.92. The highest BCUT2D eigenvalue weighted by Gasteiger charge is 2.39. The molecule has 1 aromatic carbocycles. The fourth-order valence-electron chi connectivity index (χ4n) is 1.22. The van der Waals surface area contributed by atoms with Gasteiger partial charge in [-0.2, -0.15) is 13.2 Å². The van der Waals surface area contributed by atoms with Crippen molar-refractivity contribution in [3.8, 4) is 5.75 Å². The van der Waals surface area contributed by atoms with Crippen LogP contribution in [0, 0.1) is 5.92 Å².